The van der Waals surface area contributed by atoms with Gasteiger partial charge >= 0.3 is 5.97 Å². The smallest absolute Gasteiger partial charge is 0.313 e. The van der Waals surface area contributed by atoms with Crippen LogP contribution in [-0.4, -0.2) is 12.6 Å². The maximum atomic E-state index is 12.4. The molecule has 0 amide bonds. The minimum Gasteiger partial charge on any atom is -0.465 e. The van der Waals surface area contributed by atoms with Crippen molar-refractivity contribution in [2.45, 2.75) is 19.3 Å². The molecular formula is C19H17BrO2. The molecule has 2 atom stereocenters. The normalized spacial score (nSPS) is 27.2. The average molecular weight is 357 g/mol. The first-order chi connectivity index (χ1) is 10.6. The number of cyclic esters (lactones) is 1. The van der Waals surface area contributed by atoms with Gasteiger partial charge in [0, 0.05) is 10.4 Å². The van der Waals surface area contributed by atoms with Gasteiger partial charge in [0.2, 0.25) is 0 Å². The van der Waals surface area contributed by atoms with Crippen molar-refractivity contribution in [1.82, 2.24) is 0 Å². The highest BCUT2D eigenvalue weighted by Gasteiger charge is 2.56. The lowest BCUT2D eigenvalue weighted by Crippen LogP contribution is -2.31. The van der Waals surface area contributed by atoms with E-state index in [1.165, 1.54) is 21.9 Å². The maximum Gasteiger partial charge on any atom is 0.313 e. The molecule has 1 heterocycles. The van der Waals surface area contributed by atoms with Gasteiger partial charge in [-0.3, -0.25) is 4.79 Å². The monoisotopic (exact) mass is 356 g/mol. The summed E-state index contributed by atoms with van der Waals surface area (Å²) in [5.41, 5.74) is 1.96. The third kappa shape index (κ3) is 1.95. The predicted molar refractivity (Wildman–Crippen MR) is 90.6 cm³/mol. The Morgan fingerprint density at radius 2 is 2.09 bits per heavy atom. The molecule has 0 radical (unpaired) electrons. The van der Waals surface area contributed by atoms with Crippen LogP contribution in [0, 0.1) is 11.3 Å². The van der Waals surface area contributed by atoms with E-state index in [0.717, 1.165) is 23.7 Å². The van der Waals surface area contributed by atoms with E-state index in [-0.39, 0.29) is 11.9 Å². The van der Waals surface area contributed by atoms with Crippen molar-refractivity contribution < 1.29 is 9.53 Å². The number of benzene rings is 2. The summed E-state index contributed by atoms with van der Waals surface area (Å²) in [5, 5.41) is 2.40. The van der Waals surface area contributed by atoms with Crippen molar-refractivity contribution in [2.75, 3.05) is 6.61 Å². The fourth-order valence-electron chi connectivity index (χ4n) is 4.02. The Morgan fingerprint density at radius 3 is 2.95 bits per heavy atom. The van der Waals surface area contributed by atoms with E-state index < -0.39 is 5.41 Å². The summed E-state index contributed by atoms with van der Waals surface area (Å²) in [5.74, 6) is 0.238. The third-order valence-corrected chi connectivity index (χ3v) is 6.09. The van der Waals surface area contributed by atoms with E-state index in [0.29, 0.717) is 6.61 Å². The van der Waals surface area contributed by atoms with E-state index in [4.69, 9.17) is 4.74 Å². The van der Waals surface area contributed by atoms with Gasteiger partial charge in [-0.25, -0.2) is 0 Å². The van der Waals surface area contributed by atoms with Crippen LogP contribution >= 0.6 is 15.9 Å². The fourth-order valence-corrected chi connectivity index (χ4v) is 4.65. The van der Waals surface area contributed by atoms with Crippen molar-refractivity contribution in [3.8, 4) is 0 Å². The molecule has 1 aliphatic carbocycles. The van der Waals surface area contributed by atoms with E-state index in [9.17, 15) is 4.79 Å². The predicted octanol–water partition coefficient (Wildman–Crippen LogP) is 4.65. The van der Waals surface area contributed by atoms with Gasteiger partial charge in [0.1, 0.15) is 0 Å². The Morgan fingerprint density at radius 1 is 1.27 bits per heavy atom. The van der Waals surface area contributed by atoms with Crippen LogP contribution in [0.5, 0.6) is 0 Å². The van der Waals surface area contributed by atoms with Crippen LogP contribution in [0.3, 0.4) is 0 Å². The molecule has 2 aromatic carbocycles. The average Bonchev–Trinajstić information content (AvgIpc) is 2.98. The second kappa shape index (κ2) is 4.95. The lowest BCUT2D eigenvalue weighted by molar-refractivity contribution is -0.146. The van der Waals surface area contributed by atoms with Gasteiger partial charge in [-0.05, 0) is 51.5 Å². The highest BCUT2D eigenvalue weighted by Crippen LogP contribution is 2.53. The molecule has 2 fully saturated rings. The van der Waals surface area contributed by atoms with Gasteiger partial charge in [-0.2, -0.15) is 0 Å². The van der Waals surface area contributed by atoms with E-state index in [2.05, 4.69) is 46.8 Å². The Labute approximate surface area is 138 Å². The number of carbonyl (C=O) groups is 1. The van der Waals surface area contributed by atoms with E-state index >= 15 is 0 Å². The zero-order valence-electron chi connectivity index (χ0n) is 12.3. The summed E-state index contributed by atoms with van der Waals surface area (Å²) in [7, 11) is 0. The van der Waals surface area contributed by atoms with Crippen LogP contribution in [0.1, 0.15) is 18.4 Å². The number of carbonyl (C=O) groups excluding carboxylic acids is 1. The van der Waals surface area contributed by atoms with Crippen LogP contribution in [0.2, 0.25) is 0 Å². The Kier molecular flexibility index (Phi) is 3.15. The van der Waals surface area contributed by atoms with Gasteiger partial charge in [-0.15, -0.1) is 0 Å². The summed E-state index contributed by atoms with van der Waals surface area (Å²) in [4.78, 5) is 12.4. The highest BCUT2D eigenvalue weighted by atomic mass is 79.9. The first kappa shape index (κ1) is 14.0. The Hall–Kier alpha value is -1.61. The SMILES string of the molecule is C=C1CC2COC(=O)C2(Cc2ccc3ccccc3c2Br)C1. The van der Waals surface area contributed by atoms with E-state index in [1.54, 1.807) is 0 Å². The van der Waals surface area contributed by atoms with Crippen LogP contribution in [0.4, 0.5) is 0 Å². The highest BCUT2D eigenvalue weighted by molar-refractivity contribution is 9.10. The standard InChI is InChI=1S/C19H17BrO2/c1-12-8-15-11-22-18(21)19(15,9-12)10-14-7-6-13-4-2-3-5-16(13)17(14)20/h2-7,15H,1,8-11H2. The first-order valence-electron chi connectivity index (χ1n) is 7.60. The molecule has 3 heteroatoms. The van der Waals surface area contributed by atoms with Crippen LogP contribution in [0.25, 0.3) is 10.8 Å². The molecular weight excluding hydrogens is 340 g/mol. The van der Waals surface area contributed by atoms with Crippen molar-refractivity contribution in [3.63, 3.8) is 0 Å². The molecule has 0 aromatic heterocycles. The van der Waals surface area contributed by atoms with Crippen molar-refractivity contribution in [3.05, 3.63) is 58.6 Å². The molecule has 4 rings (SSSR count). The molecule has 0 N–H and O–H groups in total. The Balaban J connectivity index is 1.78. The quantitative estimate of drug-likeness (QED) is 0.578. The summed E-state index contributed by atoms with van der Waals surface area (Å²) in [6.07, 6.45) is 2.40. The summed E-state index contributed by atoms with van der Waals surface area (Å²) < 4.78 is 6.47. The number of esters is 1. The molecule has 22 heavy (non-hydrogen) atoms. The summed E-state index contributed by atoms with van der Waals surface area (Å²) in [6, 6.07) is 12.6. The maximum absolute atomic E-state index is 12.4. The number of hydrogen-bond donors (Lipinski definition) is 0. The molecule has 112 valence electrons. The zero-order chi connectivity index (χ0) is 15.3. The third-order valence-electron chi connectivity index (χ3n) is 5.15. The van der Waals surface area contributed by atoms with Crippen molar-refractivity contribution in [1.29, 1.82) is 0 Å². The van der Waals surface area contributed by atoms with Gasteiger partial charge in [-0.1, -0.05) is 48.6 Å². The van der Waals surface area contributed by atoms with Gasteiger partial charge in [0.05, 0.1) is 12.0 Å². The van der Waals surface area contributed by atoms with Crippen molar-refractivity contribution in [2.24, 2.45) is 11.3 Å². The molecule has 0 spiro atoms. The molecule has 2 aliphatic rings. The molecule has 2 nitrogen and oxygen atoms in total. The second-order valence-electron chi connectivity index (χ2n) is 6.52. The van der Waals surface area contributed by atoms with Crippen LogP contribution in [-0.2, 0) is 16.0 Å². The number of halogens is 1. The minimum atomic E-state index is -0.401. The molecule has 2 unspecified atom stereocenters. The summed E-state index contributed by atoms with van der Waals surface area (Å²) >= 11 is 3.74. The van der Waals surface area contributed by atoms with Gasteiger partial charge < -0.3 is 4.74 Å². The van der Waals surface area contributed by atoms with E-state index in [1.807, 2.05) is 12.1 Å². The first-order valence-corrected chi connectivity index (χ1v) is 8.39. The Bertz CT molecular complexity index is 795. The number of hydrogen-bond acceptors (Lipinski definition) is 2. The van der Waals surface area contributed by atoms with Gasteiger partial charge in [0.15, 0.2) is 0 Å². The molecule has 1 aliphatic heterocycles. The topological polar surface area (TPSA) is 26.3 Å². The second-order valence-corrected chi connectivity index (χ2v) is 7.31. The zero-order valence-corrected chi connectivity index (χ0v) is 13.9. The minimum absolute atomic E-state index is 0.0452. The number of ether oxygens (including phenoxy) is 1. The van der Waals surface area contributed by atoms with Crippen molar-refractivity contribution >= 4 is 32.7 Å². The number of allylic oxidation sites excluding steroid dienone is 1. The number of fused-ring (bicyclic) bond motifs is 2. The summed E-state index contributed by atoms with van der Waals surface area (Å²) in [6.45, 7) is 4.66. The van der Waals surface area contributed by atoms with Crippen LogP contribution in [0.15, 0.2) is 53.0 Å². The largest absolute Gasteiger partial charge is 0.465 e. The van der Waals surface area contributed by atoms with Crippen LogP contribution < -0.4 is 0 Å². The molecule has 2 aromatic rings. The fraction of sp³-hybridized carbons (Fsp3) is 0.316. The molecule has 1 saturated carbocycles. The lowest BCUT2D eigenvalue weighted by atomic mass is 9.75. The van der Waals surface area contributed by atoms with Gasteiger partial charge in [0.25, 0.3) is 0 Å². The number of rotatable bonds is 2. The lowest BCUT2D eigenvalue weighted by Gasteiger charge is -2.25. The molecule has 0 bridgehead atoms. The molecule has 1 saturated heterocycles.